The fourth-order valence-electron chi connectivity index (χ4n) is 5.58. The number of rotatable bonds is 4. The van der Waals surface area contributed by atoms with Crippen LogP contribution in [0.3, 0.4) is 0 Å². The highest BCUT2D eigenvalue weighted by atomic mass is 19.4. The molecule has 2 aromatic rings. The molecule has 7 nitrogen and oxygen atoms in total. The van der Waals surface area contributed by atoms with E-state index in [-0.39, 0.29) is 35.0 Å². The lowest BCUT2D eigenvalue weighted by atomic mass is 9.71. The zero-order valence-corrected chi connectivity index (χ0v) is 21.3. The first-order valence-corrected chi connectivity index (χ1v) is 12.7. The Labute approximate surface area is 214 Å². The largest absolute Gasteiger partial charge is 0.416 e. The number of anilines is 1. The average Bonchev–Trinajstić information content (AvgIpc) is 2.83. The van der Waals surface area contributed by atoms with Crippen LogP contribution in [-0.4, -0.2) is 48.7 Å². The molecule has 3 aliphatic heterocycles. The SMILES string of the molecule is CN1CC2CC(C2)C1.Cc1c(CNC(=O)c2cn(C3CCOCC3)c(=O)cc2N)cccc1C(F)(F)F. The predicted molar refractivity (Wildman–Crippen MR) is 135 cm³/mol. The minimum Gasteiger partial charge on any atom is -0.398 e. The number of benzene rings is 1. The van der Waals surface area contributed by atoms with Gasteiger partial charge in [-0.25, -0.2) is 0 Å². The molecule has 3 N–H and O–H groups in total. The summed E-state index contributed by atoms with van der Waals surface area (Å²) in [5.74, 6) is 1.61. The monoisotopic (exact) mass is 520 g/mol. The number of pyridine rings is 1. The van der Waals surface area contributed by atoms with Gasteiger partial charge in [0.25, 0.3) is 11.5 Å². The molecule has 0 spiro atoms. The Kier molecular flexibility index (Phi) is 8.28. The van der Waals surface area contributed by atoms with Gasteiger partial charge in [0.1, 0.15) is 0 Å². The number of ether oxygens (including phenoxy) is 1. The van der Waals surface area contributed by atoms with E-state index in [9.17, 15) is 22.8 Å². The van der Waals surface area contributed by atoms with E-state index in [4.69, 9.17) is 10.5 Å². The van der Waals surface area contributed by atoms with E-state index in [1.165, 1.54) is 61.8 Å². The zero-order valence-electron chi connectivity index (χ0n) is 21.3. The topological polar surface area (TPSA) is 89.6 Å². The van der Waals surface area contributed by atoms with Crippen LogP contribution in [0.5, 0.6) is 0 Å². The first-order valence-electron chi connectivity index (χ1n) is 12.7. The highest BCUT2D eigenvalue weighted by Gasteiger charge is 2.35. The number of alkyl halides is 3. The number of halogens is 3. The van der Waals surface area contributed by atoms with Gasteiger partial charge in [-0.15, -0.1) is 0 Å². The summed E-state index contributed by atoms with van der Waals surface area (Å²) in [7, 11) is 2.23. The summed E-state index contributed by atoms with van der Waals surface area (Å²) >= 11 is 0. The Balaban J connectivity index is 0.000000335. The van der Waals surface area contributed by atoms with Crippen LogP contribution in [0.1, 0.15) is 58.8 Å². The van der Waals surface area contributed by atoms with Crippen molar-refractivity contribution in [3.63, 3.8) is 0 Å². The molecule has 0 unspecified atom stereocenters. The molecule has 4 heterocycles. The number of hydrogen-bond donors (Lipinski definition) is 2. The Bertz CT molecular complexity index is 1160. The molecule has 2 bridgehead atoms. The number of nitrogens with one attached hydrogen (secondary N) is 1. The van der Waals surface area contributed by atoms with Crippen molar-refractivity contribution < 1.29 is 22.7 Å². The number of hydrogen-bond acceptors (Lipinski definition) is 5. The molecular weight excluding hydrogens is 485 g/mol. The maximum absolute atomic E-state index is 13.1. The molecule has 1 aliphatic carbocycles. The molecule has 37 heavy (non-hydrogen) atoms. The third kappa shape index (κ3) is 6.54. The minimum atomic E-state index is -4.46. The first-order chi connectivity index (χ1) is 17.5. The minimum absolute atomic E-state index is 0.0246. The van der Waals surface area contributed by atoms with Crippen LogP contribution in [0, 0.1) is 18.8 Å². The Morgan fingerprint density at radius 3 is 2.38 bits per heavy atom. The molecular formula is C27H35F3N4O3. The fraction of sp³-hybridized carbons (Fsp3) is 0.556. The third-order valence-electron chi connectivity index (χ3n) is 7.61. The molecule has 3 saturated heterocycles. The van der Waals surface area contributed by atoms with Gasteiger partial charge in [0.05, 0.1) is 16.8 Å². The van der Waals surface area contributed by atoms with E-state index in [1.807, 2.05) is 0 Å². The molecule has 4 fully saturated rings. The van der Waals surface area contributed by atoms with Gasteiger partial charge in [-0.3, -0.25) is 9.59 Å². The van der Waals surface area contributed by atoms with E-state index < -0.39 is 17.6 Å². The Morgan fingerprint density at radius 1 is 1.16 bits per heavy atom. The lowest BCUT2D eigenvalue weighted by molar-refractivity contribution is -0.138. The second kappa shape index (κ2) is 11.3. The predicted octanol–water partition coefficient (Wildman–Crippen LogP) is 4.00. The van der Waals surface area contributed by atoms with Crippen molar-refractivity contribution in [2.24, 2.45) is 11.8 Å². The number of aromatic nitrogens is 1. The molecule has 1 amide bonds. The van der Waals surface area contributed by atoms with Gasteiger partial charge < -0.3 is 25.3 Å². The summed E-state index contributed by atoms with van der Waals surface area (Å²) in [6.45, 7) is 5.07. The van der Waals surface area contributed by atoms with E-state index in [1.54, 1.807) is 0 Å². The van der Waals surface area contributed by atoms with Crippen molar-refractivity contribution in [3.8, 4) is 0 Å². The van der Waals surface area contributed by atoms with Gasteiger partial charge >= 0.3 is 6.18 Å². The highest BCUT2D eigenvalue weighted by Crippen LogP contribution is 2.38. The number of carbonyl (C=O) groups is 1. The summed E-state index contributed by atoms with van der Waals surface area (Å²) in [5.41, 5.74) is 5.35. The van der Waals surface area contributed by atoms with Crippen LogP contribution < -0.4 is 16.6 Å². The number of fused-ring (bicyclic) bond motifs is 2. The van der Waals surface area contributed by atoms with Crippen LogP contribution in [0.4, 0.5) is 18.9 Å². The first kappa shape index (κ1) is 27.2. The molecule has 1 aromatic carbocycles. The number of nitrogens with zero attached hydrogens (tertiary/aromatic N) is 2. The van der Waals surface area contributed by atoms with Crippen molar-refractivity contribution >= 4 is 11.6 Å². The molecule has 10 heteroatoms. The average molecular weight is 521 g/mol. The van der Waals surface area contributed by atoms with Crippen LogP contribution >= 0.6 is 0 Å². The molecule has 202 valence electrons. The second-order valence-electron chi connectivity index (χ2n) is 10.4. The summed E-state index contributed by atoms with van der Waals surface area (Å²) in [6.07, 6.45) is 1.31. The van der Waals surface area contributed by atoms with Gasteiger partial charge in [-0.1, -0.05) is 12.1 Å². The van der Waals surface area contributed by atoms with Crippen LogP contribution in [0.2, 0.25) is 0 Å². The van der Waals surface area contributed by atoms with E-state index >= 15 is 0 Å². The van der Waals surface area contributed by atoms with Gasteiger partial charge in [0.15, 0.2) is 0 Å². The summed E-state index contributed by atoms with van der Waals surface area (Å²) in [5, 5.41) is 2.60. The maximum Gasteiger partial charge on any atom is 0.416 e. The Hall–Kier alpha value is -2.85. The van der Waals surface area contributed by atoms with E-state index in [2.05, 4.69) is 17.3 Å². The fourth-order valence-corrected chi connectivity index (χ4v) is 5.58. The normalized spacial score (nSPS) is 22.0. The molecule has 0 radical (unpaired) electrons. The van der Waals surface area contributed by atoms with Crippen LogP contribution in [-0.2, 0) is 17.5 Å². The quantitative estimate of drug-likeness (QED) is 0.636. The molecule has 0 atom stereocenters. The van der Waals surface area contributed by atoms with Crippen molar-refractivity contribution in [2.45, 2.75) is 51.4 Å². The summed E-state index contributed by atoms with van der Waals surface area (Å²) in [6, 6.07) is 4.94. The van der Waals surface area contributed by atoms with Crippen LogP contribution in [0.15, 0.2) is 35.3 Å². The van der Waals surface area contributed by atoms with Crippen LogP contribution in [0.25, 0.3) is 0 Å². The zero-order chi connectivity index (χ0) is 26.7. The number of carbonyl (C=O) groups excluding carboxylic acids is 1. The third-order valence-corrected chi connectivity index (χ3v) is 7.61. The number of piperidine rings is 2. The standard InChI is InChI=1S/C20H22F3N3O3.C7H13N/c1-12-13(3-2-4-16(12)20(21,22)23)10-25-19(28)15-11-26(18(27)9-17(15)24)14-5-7-29-8-6-14;1-8-4-6-2-7(3-6)5-8/h2-4,9,11,14H,5-8,10,24H2,1H3,(H,25,28);6-7H,2-5H2,1H3. The van der Waals surface area contributed by atoms with Crippen molar-refractivity contribution in [1.29, 1.82) is 0 Å². The number of nitrogen functional groups attached to an aromatic ring is 1. The van der Waals surface area contributed by atoms with Gasteiger partial charge in [0.2, 0.25) is 0 Å². The number of nitrogens with two attached hydrogens (primary N) is 1. The van der Waals surface area contributed by atoms with Gasteiger partial charge in [0, 0.05) is 51.2 Å². The smallest absolute Gasteiger partial charge is 0.398 e. The maximum atomic E-state index is 13.1. The van der Waals surface area contributed by atoms with Crippen molar-refractivity contribution in [3.05, 3.63) is 63.1 Å². The van der Waals surface area contributed by atoms with E-state index in [0.717, 1.165) is 17.9 Å². The lowest BCUT2D eigenvalue weighted by Gasteiger charge is -2.45. The van der Waals surface area contributed by atoms with Crippen molar-refractivity contribution in [1.82, 2.24) is 14.8 Å². The summed E-state index contributed by atoms with van der Waals surface area (Å²) in [4.78, 5) is 27.4. The van der Waals surface area contributed by atoms with Gasteiger partial charge in [-0.2, -0.15) is 13.2 Å². The number of amides is 1. The molecule has 1 aromatic heterocycles. The highest BCUT2D eigenvalue weighted by molar-refractivity contribution is 5.98. The Morgan fingerprint density at radius 2 is 1.81 bits per heavy atom. The van der Waals surface area contributed by atoms with Crippen molar-refractivity contribution in [2.75, 3.05) is 39.1 Å². The molecule has 6 rings (SSSR count). The van der Waals surface area contributed by atoms with E-state index in [0.29, 0.717) is 31.6 Å². The lowest BCUT2D eigenvalue weighted by Crippen LogP contribution is -2.46. The van der Waals surface area contributed by atoms with Gasteiger partial charge in [-0.05, 0) is 68.7 Å². The summed E-state index contributed by atoms with van der Waals surface area (Å²) < 4.78 is 45.9. The molecule has 4 aliphatic rings. The second-order valence-corrected chi connectivity index (χ2v) is 10.4. The molecule has 1 saturated carbocycles.